The van der Waals surface area contributed by atoms with Crippen LogP contribution in [0.15, 0.2) is 71.4 Å². The lowest BCUT2D eigenvalue weighted by Crippen LogP contribution is -2.10. The Balaban J connectivity index is 1.47. The van der Waals surface area contributed by atoms with Crippen molar-refractivity contribution < 1.29 is 9.21 Å². The predicted octanol–water partition coefficient (Wildman–Crippen LogP) is 4.24. The van der Waals surface area contributed by atoms with Crippen molar-refractivity contribution in [1.29, 1.82) is 0 Å². The van der Waals surface area contributed by atoms with Gasteiger partial charge in [0.05, 0.1) is 0 Å². The monoisotopic (exact) mass is 331 g/mol. The molecule has 4 aromatic rings. The number of rotatable bonds is 4. The van der Waals surface area contributed by atoms with Gasteiger partial charge in [-0.05, 0) is 36.8 Å². The maximum atomic E-state index is 12.4. The molecule has 0 aliphatic carbocycles. The third-order valence-electron chi connectivity index (χ3n) is 4.14. The first-order valence-corrected chi connectivity index (χ1v) is 8.06. The lowest BCUT2D eigenvalue weighted by atomic mass is 10.2. The van der Waals surface area contributed by atoms with E-state index in [4.69, 9.17) is 4.42 Å². The van der Waals surface area contributed by atoms with Gasteiger partial charge < -0.3 is 14.3 Å². The van der Waals surface area contributed by atoms with Gasteiger partial charge in [0.15, 0.2) is 5.76 Å². The highest BCUT2D eigenvalue weighted by Crippen LogP contribution is 2.20. The van der Waals surface area contributed by atoms with E-state index in [9.17, 15) is 4.79 Å². The van der Waals surface area contributed by atoms with Crippen molar-refractivity contribution in [1.82, 2.24) is 9.55 Å². The first kappa shape index (κ1) is 15.2. The van der Waals surface area contributed by atoms with E-state index >= 15 is 0 Å². The number of carbonyl (C=O) groups is 1. The van der Waals surface area contributed by atoms with Crippen LogP contribution in [0.4, 0.5) is 5.69 Å². The number of para-hydroxylation sites is 1. The molecule has 2 aromatic heterocycles. The Kier molecular flexibility index (Phi) is 3.82. The number of furan rings is 1. The van der Waals surface area contributed by atoms with Gasteiger partial charge in [-0.25, -0.2) is 4.98 Å². The van der Waals surface area contributed by atoms with Gasteiger partial charge >= 0.3 is 0 Å². The molecule has 2 heterocycles. The molecule has 2 aromatic carbocycles. The molecule has 4 rings (SSSR count). The number of nitrogens with zero attached hydrogens (tertiary/aromatic N) is 2. The number of hydrogen-bond donors (Lipinski definition) is 1. The molecule has 0 aliphatic heterocycles. The summed E-state index contributed by atoms with van der Waals surface area (Å²) in [5.74, 6) is 1.02. The molecule has 5 nitrogen and oxygen atoms in total. The van der Waals surface area contributed by atoms with Crippen LogP contribution in [0.1, 0.15) is 21.9 Å². The summed E-state index contributed by atoms with van der Waals surface area (Å²) in [6, 6.07) is 17.1. The highest BCUT2D eigenvalue weighted by Gasteiger charge is 2.12. The number of hydrogen-bond acceptors (Lipinski definition) is 3. The maximum absolute atomic E-state index is 12.4. The normalized spacial score (nSPS) is 10.9. The minimum absolute atomic E-state index is 0.255. The highest BCUT2D eigenvalue weighted by atomic mass is 16.3. The van der Waals surface area contributed by atoms with Crippen LogP contribution < -0.4 is 5.32 Å². The molecule has 1 N–H and O–H groups in total. The number of carbonyl (C=O) groups excluding carboxylic acids is 1. The van der Waals surface area contributed by atoms with E-state index in [2.05, 4.69) is 14.9 Å². The SMILES string of the molecule is Cc1nccn1Cc1ccc(NC(=O)c2cc3ccccc3o2)cc1. The maximum Gasteiger partial charge on any atom is 0.291 e. The molecular formula is C20H17N3O2. The van der Waals surface area contributed by atoms with Gasteiger partial charge in [-0.15, -0.1) is 0 Å². The fourth-order valence-corrected chi connectivity index (χ4v) is 2.75. The van der Waals surface area contributed by atoms with Crippen LogP contribution in [0.2, 0.25) is 0 Å². The third kappa shape index (κ3) is 3.17. The average molecular weight is 331 g/mol. The zero-order valence-electron chi connectivity index (χ0n) is 13.8. The fraction of sp³-hybridized carbons (Fsp3) is 0.100. The Morgan fingerprint density at radius 1 is 1.16 bits per heavy atom. The Bertz CT molecular complexity index is 995. The molecule has 0 unspecified atom stereocenters. The van der Waals surface area contributed by atoms with Crippen molar-refractivity contribution in [2.24, 2.45) is 0 Å². The quantitative estimate of drug-likeness (QED) is 0.608. The first-order chi connectivity index (χ1) is 12.2. The molecule has 0 saturated carbocycles. The van der Waals surface area contributed by atoms with E-state index in [1.54, 1.807) is 12.3 Å². The number of imidazole rings is 1. The molecular weight excluding hydrogens is 314 g/mol. The smallest absolute Gasteiger partial charge is 0.291 e. The van der Waals surface area contributed by atoms with Crippen molar-refractivity contribution in [2.75, 3.05) is 5.32 Å². The standard InChI is InChI=1S/C20H17N3O2/c1-14-21-10-11-23(14)13-15-6-8-17(9-7-15)22-20(24)19-12-16-4-2-3-5-18(16)25-19/h2-12H,13H2,1H3,(H,22,24). The molecule has 25 heavy (non-hydrogen) atoms. The molecule has 0 spiro atoms. The molecule has 0 atom stereocenters. The van der Waals surface area contributed by atoms with E-state index in [1.807, 2.05) is 61.7 Å². The van der Waals surface area contributed by atoms with Gasteiger partial charge in [-0.2, -0.15) is 0 Å². The van der Waals surface area contributed by atoms with E-state index in [1.165, 1.54) is 0 Å². The van der Waals surface area contributed by atoms with Gasteiger partial charge in [-0.3, -0.25) is 4.79 Å². The van der Waals surface area contributed by atoms with Crippen molar-refractivity contribution >= 4 is 22.6 Å². The summed E-state index contributed by atoms with van der Waals surface area (Å²) in [7, 11) is 0. The first-order valence-electron chi connectivity index (χ1n) is 8.06. The molecule has 0 fully saturated rings. The Hall–Kier alpha value is -3.34. The molecule has 1 amide bonds. The number of amides is 1. The third-order valence-corrected chi connectivity index (χ3v) is 4.14. The summed E-state index contributed by atoms with van der Waals surface area (Å²) in [5, 5.41) is 3.78. The van der Waals surface area contributed by atoms with Crippen molar-refractivity contribution in [2.45, 2.75) is 13.5 Å². The second kappa shape index (κ2) is 6.28. The number of fused-ring (bicyclic) bond motifs is 1. The zero-order chi connectivity index (χ0) is 17.2. The van der Waals surface area contributed by atoms with Crippen LogP contribution in [0.3, 0.4) is 0 Å². The summed E-state index contributed by atoms with van der Waals surface area (Å²) in [4.78, 5) is 16.6. The predicted molar refractivity (Wildman–Crippen MR) is 96.7 cm³/mol. The summed E-state index contributed by atoms with van der Waals surface area (Å²) in [6.07, 6.45) is 3.74. The van der Waals surface area contributed by atoms with Gasteiger partial charge in [0.25, 0.3) is 5.91 Å². The zero-order valence-corrected chi connectivity index (χ0v) is 13.8. The van der Waals surface area contributed by atoms with E-state index in [0.717, 1.165) is 29.0 Å². The number of anilines is 1. The highest BCUT2D eigenvalue weighted by molar-refractivity contribution is 6.04. The van der Waals surface area contributed by atoms with Crippen LogP contribution in [0.5, 0.6) is 0 Å². The lowest BCUT2D eigenvalue weighted by Gasteiger charge is -2.07. The molecule has 0 aliphatic rings. The fourth-order valence-electron chi connectivity index (χ4n) is 2.75. The lowest BCUT2D eigenvalue weighted by molar-refractivity contribution is 0.0998. The van der Waals surface area contributed by atoms with E-state index in [0.29, 0.717) is 11.3 Å². The summed E-state index contributed by atoms with van der Waals surface area (Å²) >= 11 is 0. The molecule has 0 saturated heterocycles. The molecule has 0 radical (unpaired) electrons. The largest absolute Gasteiger partial charge is 0.451 e. The Labute approximate surface area is 144 Å². The van der Waals surface area contributed by atoms with Crippen LogP contribution in [-0.2, 0) is 6.54 Å². The number of aromatic nitrogens is 2. The van der Waals surface area contributed by atoms with Gasteiger partial charge in [0, 0.05) is 30.0 Å². The Morgan fingerprint density at radius 3 is 2.68 bits per heavy atom. The average Bonchev–Trinajstić information content (AvgIpc) is 3.23. The molecule has 5 heteroatoms. The van der Waals surface area contributed by atoms with Crippen molar-refractivity contribution in [3.8, 4) is 0 Å². The number of aryl methyl sites for hydroxylation is 1. The van der Waals surface area contributed by atoms with Crippen LogP contribution in [-0.4, -0.2) is 15.5 Å². The van der Waals surface area contributed by atoms with Crippen LogP contribution >= 0.6 is 0 Å². The van der Waals surface area contributed by atoms with E-state index in [-0.39, 0.29) is 5.91 Å². The van der Waals surface area contributed by atoms with Gasteiger partial charge in [0.2, 0.25) is 0 Å². The minimum Gasteiger partial charge on any atom is -0.451 e. The van der Waals surface area contributed by atoms with E-state index < -0.39 is 0 Å². The van der Waals surface area contributed by atoms with Crippen molar-refractivity contribution in [3.63, 3.8) is 0 Å². The van der Waals surface area contributed by atoms with Crippen LogP contribution in [0, 0.1) is 6.92 Å². The summed E-state index contributed by atoms with van der Waals surface area (Å²) in [6.45, 7) is 2.73. The molecule has 0 bridgehead atoms. The van der Waals surface area contributed by atoms with Gasteiger partial charge in [0.1, 0.15) is 11.4 Å². The molecule has 124 valence electrons. The topological polar surface area (TPSA) is 60.1 Å². The van der Waals surface area contributed by atoms with Crippen LogP contribution in [0.25, 0.3) is 11.0 Å². The second-order valence-corrected chi connectivity index (χ2v) is 5.90. The summed E-state index contributed by atoms with van der Waals surface area (Å²) < 4.78 is 7.66. The summed E-state index contributed by atoms with van der Waals surface area (Å²) in [5.41, 5.74) is 2.58. The second-order valence-electron chi connectivity index (χ2n) is 5.90. The van der Waals surface area contributed by atoms with Gasteiger partial charge in [-0.1, -0.05) is 30.3 Å². The number of benzene rings is 2. The minimum atomic E-state index is -0.255. The number of nitrogens with one attached hydrogen (secondary N) is 1. The van der Waals surface area contributed by atoms with Crippen molar-refractivity contribution in [3.05, 3.63) is 84.1 Å². The Morgan fingerprint density at radius 2 is 1.96 bits per heavy atom.